The van der Waals surface area contributed by atoms with Crippen LogP contribution in [0.2, 0.25) is 0 Å². The second-order valence-corrected chi connectivity index (χ2v) is 11.4. The summed E-state index contributed by atoms with van der Waals surface area (Å²) in [6.07, 6.45) is 4.51. The Morgan fingerprint density at radius 2 is 1.67 bits per heavy atom. The van der Waals surface area contributed by atoms with Crippen LogP contribution in [0.3, 0.4) is 0 Å². The molecule has 0 fully saturated rings. The van der Waals surface area contributed by atoms with Crippen LogP contribution in [-0.2, 0) is 24.2 Å². The minimum absolute atomic E-state index is 0.393. The molecule has 1 amide bonds. The van der Waals surface area contributed by atoms with Gasteiger partial charge in [0.25, 0.3) is 5.56 Å². The summed E-state index contributed by atoms with van der Waals surface area (Å²) < 4.78 is 10.3. The van der Waals surface area contributed by atoms with Crippen LogP contribution in [0.15, 0.2) is 94.9 Å². The number of benzene rings is 3. The molecule has 0 unspecified atom stereocenters. The summed E-state index contributed by atoms with van der Waals surface area (Å²) in [5.74, 6) is 0. The maximum absolute atomic E-state index is 13.8. The second-order valence-electron chi connectivity index (χ2n) is 11.4. The highest BCUT2D eigenvalue weighted by molar-refractivity contribution is 5.85. The van der Waals surface area contributed by atoms with Crippen LogP contribution in [-0.4, -0.2) is 30.4 Å². The number of imidazole rings is 1. The number of aromatic nitrogens is 4. The fourth-order valence-electron chi connectivity index (χ4n) is 4.89. The lowest BCUT2D eigenvalue weighted by molar-refractivity contribution is 0.0636. The van der Waals surface area contributed by atoms with Crippen molar-refractivity contribution in [2.24, 2.45) is 0 Å². The SMILES string of the molecule is Cc1ccc(Cn2cncc2CCCn2c(=O)n(-c3ccc(NC(=O)OC(C)(C)C)cc3)c(=O)c3ccccc32)cc1. The minimum Gasteiger partial charge on any atom is -0.444 e. The van der Waals surface area contributed by atoms with Gasteiger partial charge in [0.15, 0.2) is 0 Å². The highest BCUT2D eigenvalue weighted by atomic mass is 16.6. The van der Waals surface area contributed by atoms with Crippen LogP contribution in [0.25, 0.3) is 16.6 Å². The Balaban J connectivity index is 1.38. The smallest absolute Gasteiger partial charge is 0.412 e. The number of para-hydroxylation sites is 1. The van der Waals surface area contributed by atoms with Crippen LogP contribution in [0.4, 0.5) is 10.5 Å². The number of hydrogen-bond acceptors (Lipinski definition) is 5. The van der Waals surface area contributed by atoms with Gasteiger partial charge in [0.1, 0.15) is 5.60 Å². The van der Waals surface area contributed by atoms with Crippen LogP contribution in [0, 0.1) is 6.92 Å². The Morgan fingerprint density at radius 1 is 0.952 bits per heavy atom. The molecule has 2 aromatic heterocycles. The molecule has 0 aliphatic carbocycles. The van der Waals surface area contributed by atoms with E-state index in [1.54, 1.807) is 67.8 Å². The number of fused-ring (bicyclic) bond motifs is 1. The van der Waals surface area contributed by atoms with E-state index >= 15 is 0 Å². The summed E-state index contributed by atoms with van der Waals surface area (Å²) >= 11 is 0. The van der Waals surface area contributed by atoms with E-state index < -0.39 is 22.9 Å². The predicted octanol–water partition coefficient (Wildman–Crippen LogP) is 5.69. The van der Waals surface area contributed by atoms with Gasteiger partial charge >= 0.3 is 11.8 Å². The Labute approximate surface area is 244 Å². The van der Waals surface area contributed by atoms with Gasteiger partial charge in [-0.25, -0.2) is 19.1 Å². The molecule has 9 nitrogen and oxygen atoms in total. The maximum Gasteiger partial charge on any atom is 0.412 e. The molecule has 5 rings (SSSR count). The number of carbonyl (C=O) groups excluding carboxylic acids is 1. The number of nitrogens with zero attached hydrogens (tertiary/aromatic N) is 4. The number of carbonyl (C=O) groups is 1. The van der Waals surface area contributed by atoms with E-state index in [0.29, 0.717) is 35.2 Å². The van der Waals surface area contributed by atoms with Crippen molar-refractivity contribution >= 4 is 22.7 Å². The summed E-state index contributed by atoms with van der Waals surface area (Å²) in [6.45, 7) is 8.57. The first-order chi connectivity index (χ1) is 20.1. The topological polar surface area (TPSA) is 100 Å². The van der Waals surface area contributed by atoms with E-state index in [-0.39, 0.29) is 0 Å². The molecule has 5 aromatic rings. The minimum atomic E-state index is -0.631. The van der Waals surface area contributed by atoms with Gasteiger partial charge < -0.3 is 9.30 Å². The molecule has 0 aliphatic rings. The van der Waals surface area contributed by atoms with Crippen molar-refractivity contribution in [3.63, 3.8) is 0 Å². The van der Waals surface area contributed by atoms with Gasteiger partial charge in [-0.1, -0.05) is 42.0 Å². The third-order valence-corrected chi connectivity index (χ3v) is 6.91. The highest BCUT2D eigenvalue weighted by Crippen LogP contribution is 2.16. The quantitative estimate of drug-likeness (QED) is 0.261. The first-order valence-corrected chi connectivity index (χ1v) is 14.0. The molecule has 9 heteroatoms. The zero-order valence-corrected chi connectivity index (χ0v) is 24.3. The Morgan fingerprint density at radius 3 is 2.38 bits per heavy atom. The first kappa shape index (κ1) is 28.6. The second kappa shape index (κ2) is 11.9. The molecular weight excluding hydrogens is 530 g/mol. The molecule has 3 aromatic carbocycles. The van der Waals surface area contributed by atoms with E-state index in [4.69, 9.17) is 4.74 Å². The summed E-state index contributed by atoms with van der Waals surface area (Å²) in [7, 11) is 0. The number of anilines is 1. The molecule has 0 saturated heterocycles. The van der Waals surface area contributed by atoms with Crippen molar-refractivity contribution in [2.75, 3.05) is 5.32 Å². The van der Waals surface area contributed by atoms with Gasteiger partial charge in [0, 0.05) is 30.7 Å². The molecule has 42 heavy (non-hydrogen) atoms. The molecule has 0 saturated carbocycles. The summed E-state index contributed by atoms with van der Waals surface area (Å²) in [5, 5.41) is 3.13. The number of nitrogens with one attached hydrogen (secondary N) is 1. The third kappa shape index (κ3) is 6.52. The number of hydrogen-bond donors (Lipinski definition) is 1. The lowest BCUT2D eigenvalue weighted by Gasteiger charge is -2.19. The molecule has 0 bridgehead atoms. The van der Waals surface area contributed by atoms with Gasteiger partial charge in [-0.15, -0.1) is 0 Å². The van der Waals surface area contributed by atoms with Crippen molar-refractivity contribution in [1.82, 2.24) is 18.7 Å². The van der Waals surface area contributed by atoms with Crippen LogP contribution in [0.1, 0.15) is 44.0 Å². The van der Waals surface area contributed by atoms with Crippen molar-refractivity contribution < 1.29 is 9.53 Å². The van der Waals surface area contributed by atoms with Crippen LogP contribution >= 0.6 is 0 Å². The number of ether oxygens (including phenoxy) is 1. The van der Waals surface area contributed by atoms with Gasteiger partial charge in [-0.05, 0) is 82.5 Å². The standard InChI is InChI=1S/C33H35N5O4/c1-23-11-13-24(14-12-23)21-36-22-34-20-27(36)8-7-19-37-29-10-6-5-9-28(29)30(39)38(32(37)41)26-17-15-25(16-18-26)35-31(40)42-33(2,3)4/h5-6,9-18,20,22H,7-8,19,21H2,1-4H3,(H,35,40). The molecule has 216 valence electrons. The van der Waals surface area contributed by atoms with Crippen LogP contribution in [0.5, 0.6) is 0 Å². The van der Waals surface area contributed by atoms with E-state index in [1.807, 2.05) is 18.6 Å². The average molecular weight is 566 g/mol. The van der Waals surface area contributed by atoms with Crippen molar-refractivity contribution in [1.29, 1.82) is 0 Å². The van der Waals surface area contributed by atoms with Gasteiger partial charge in [-0.2, -0.15) is 0 Å². The van der Waals surface area contributed by atoms with E-state index in [1.165, 1.54) is 15.7 Å². The summed E-state index contributed by atoms with van der Waals surface area (Å²) in [6, 6.07) is 22.2. The third-order valence-electron chi connectivity index (χ3n) is 6.91. The van der Waals surface area contributed by atoms with Crippen LogP contribution < -0.4 is 16.6 Å². The molecule has 2 heterocycles. The average Bonchev–Trinajstić information content (AvgIpc) is 3.38. The monoisotopic (exact) mass is 565 g/mol. The van der Waals surface area contributed by atoms with Crippen molar-refractivity contribution in [3.05, 3.63) is 123 Å². The molecule has 0 spiro atoms. The zero-order chi connectivity index (χ0) is 29.9. The van der Waals surface area contributed by atoms with Gasteiger partial charge in [-0.3, -0.25) is 14.7 Å². The lowest BCUT2D eigenvalue weighted by Crippen LogP contribution is -2.39. The van der Waals surface area contributed by atoms with Gasteiger partial charge in [0.2, 0.25) is 0 Å². The lowest BCUT2D eigenvalue weighted by atomic mass is 10.1. The van der Waals surface area contributed by atoms with Crippen molar-refractivity contribution in [2.45, 2.75) is 59.2 Å². The summed E-state index contributed by atoms with van der Waals surface area (Å²) in [4.78, 5) is 43.7. The first-order valence-electron chi connectivity index (χ1n) is 14.0. The Bertz CT molecular complexity index is 1820. The Kier molecular flexibility index (Phi) is 8.10. The maximum atomic E-state index is 13.8. The molecular formula is C33H35N5O4. The molecule has 1 N–H and O–H groups in total. The predicted molar refractivity (Wildman–Crippen MR) is 164 cm³/mol. The fourth-order valence-corrected chi connectivity index (χ4v) is 4.89. The number of aryl methyl sites for hydroxylation is 3. The largest absolute Gasteiger partial charge is 0.444 e. The fraction of sp³-hybridized carbons (Fsp3) is 0.273. The molecule has 0 radical (unpaired) electrons. The Hall–Kier alpha value is -4.92. The molecule has 0 aliphatic heterocycles. The van der Waals surface area contributed by atoms with Gasteiger partial charge in [0.05, 0.1) is 22.9 Å². The van der Waals surface area contributed by atoms with Crippen molar-refractivity contribution in [3.8, 4) is 5.69 Å². The number of rotatable bonds is 8. The van der Waals surface area contributed by atoms with E-state index in [2.05, 4.69) is 46.1 Å². The molecule has 0 atom stereocenters. The van der Waals surface area contributed by atoms with E-state index in [9.17, 15) is 14.4 Å². The number of amides is 1. The zero-order valence-electron chi connectivity index (χ0n) is 24.3. The van der Waals surface area contributed by atoms with E-state index in [0.717, 1.165) is 18.7 Å². The normalized spacial score (nSPS) is 11.5. The summed E-state index contributed by atoms with van der Waals surface area (Å²) in [5.41, 5.74) is 3.55. The highest BCUT2D eigenvalue weighted by Gasteiger charge is 2.17.